The van der Waals surface area contributed by atoms with Gasteiger partial charge in [-0.1, -0.05) is 6.92 Å². The Morgan fingerprint density at radius 3 is 2.54 bits per heavy atom. The van der Waals surface area contributed by atoms with Gasteiger partial charge in [-0.05, 0) is 19.8 Å². The van der Waals surface area contributed by atoms with Crippen LogP contribution in [0.25, 0.3) is 0 Å². The number of aliphatic hydroxyl groups excluding tert-OH is 1. The van der Waals surface area contributed by atoms with Crippen molar-refractivity contribution < 1.29 is 9.90 Å². The van der Waals surface area contributed by atoms with Crippen LogP contribution in [0.15, 0.2) is 0 Å². The highest BCUT2D eigenvalue weighted by Crippen LogP contribution is 2.16. The number of carbonyl (C=O) groups excluding carboxylic acids is 1. The summed E-state index contributed by atoms with van der Waals surface area (Å²) in [6.07, 6.45) is 0. The molecule has 1 atom stereocenters. The van der Waals surface area contributed by atoms with E-state index in [0.29, 0.717) is 12.4 Å². The number of carbonyl (C=O) groups is 1. The summed E-state index contributed by atoms with van der Waals surface area (Å²) in [4.78, 5) is 11.4. The van der Waals surface area contributed by atoms with Crippen molar-refractivity contribution in [3.63, 3.8) is 0 Å². The molecule has 0 heterocycles. The minimum Gasteiger partial charge on any atom is -0.396 e. The summed E-state index contributed by atoms with van der Waals surface area (Å²) in [5.74, 6) is 0.324. The number of rotatable bonds is 5. The number of halogens is 1. The van der Waals surface area contributed by atoms with Crippen LogP contribution in [0.3, 0.4) is 0 Å². The first-order chi connectivity index (χ1) is 5.94. The standard InChI is InChI=1S/C9H18ClNO2/c1-7(5-12)4-11-8(13)9(2,3)6-10/h7,12H,4-6H2,1-3H3,(H,11,13). The van der Waals surface area contributed by atoms with Gasteiger partial charge in [0.15, 0.2) is 0 Å². The molecule has 0 saturated heterocycles. The maximum Gasteiger partial charge on any atom is 0.226 e. The van der Waals surface area contributed by atoms with Crippen LogP contribution in [-0.4, -0.2) is 30.0 Å². The number of aliphatic hydroxyl groups is 1. The number of alkyl halides is 1. The molecule has 3 nitrogen and oxygen atoms in total. The van der Waals surface area contributed by atoms with E-state index < -0.39 is 5.41 Å². The molecule has 0 spiro atoms. The molecule has 0 fully saturated rings. The van der Waals surface area contributed by atoms with Crippen molar-refractivity contribution in [2.45, 2.75) is 20.8 Å². The molecule has 0 bridgehead atoms. The lowest BCUT2D eigenvalue weighted by Gasteiger charge is -2.21. The first-order valence-corrected chi connectivity index (χ1v) is 4.92. The van der Waals surface area contributed by atoms with Crippen molar-refractivity contribution in [2.75, 3.05) is 19.0 Å². The quantitative estimate of drug-likeness (QED) is 0.661. The molecule has 0 saturated carbocycles. The third kappa shape index (κ3) is 4.48. The highest BCUT2D eigenvalue weighted by molar-refractivity contribution is 6.19. The van der Waals surface area contributed by atoms with E-state index in [1.807, 2.05) is 6.92 Å². The lowest BCUT2D eigenvalue weighted by molar-refractivity contribution is -0.128. The van der Waals surface area contributed by atoms with E-state index >= 15 is 0 Å². The Hall–Kier alpha value is -0.280. The van der Waals surface area contributed by atoms with Gasteiger partial charge in [-0.3, -0.25) is 4.79 Å². The maximum atomic E-state index is 11.4. The van der Waals surface area contributed by atoms with Crippen LogP contribution in [0, 0.1) is 11.3 Å². The summed E-state index contributed by atoms with van der Waals surface area (Å²) in [5, 5.41) is 11.5. The fraction of sp³-hybridized carbons (Fsp3) is 0.889. The molecular weight excluding hydrogens is 190 g/mol. The zero-order valence-electron chi connectivity index (χ0n) is 8.43. The number of nitrogens with one attached hydrogen (secondary N) is 1. The molecule has 0 aliphatic rings. The lowest BCUT2D eigenvalue weighted by Crippen LogP contribution is -2.40. The van der Waals surface area contributed by atoms with Crippen LogP contribution >= 0.6 is 11.6 Å². The molecule has 0 radical (unpaired) electrons. The van der Waals surface area contributed by atoms with E-state index in [2.05, 4.69) is 5.32 Å². The molecule has 0 rings (SSSR count). The topological polar surface area (TPSA) is 49.3 Å². The van der Waals surface area contributed by atoms with Gasteiger partial charge in [0.25, 0.3) is 0 Å². The van der Waals surface area contributed by atoms with Crippen LogP contribution in [0.1, 0.15) is 20.8 Å². The van der Waals surface area contributed by atoms with Crippen molar-refractivity contribution in [3.05, 3.63) is 0 Å². The third-order valence-corrected chi connectivity index (χ3v) is 2.54. The summed E-state index contributed by atoms with van der Waals surface area (Å²) in [7, 11) is 0. The molecule has 1 unspecified atom stereocenters. The highest BCUT2D eigenvalue weighted by Gasteiger charge is 2.26. The fourth-order valence-corrected chi connectivity index (χ4v) is 0.753. The van der Waals surface area contributed by atoms with Gasteiger partial charge in [-0.15, -0.1) is 11.6 Å². The largest absolute Gasteiger partial charge is 0.396 e. The predicted molar refractivity (Wildman–Crippen MR) is 53.8 cm³/mol. The van der Waals surface area contributed by atoms with Crippen molar-refractivity contribution in [1.82, 2.24) is 5.32 Å². The second-order valence-electron chi connectivity index (χ2n) is 4.02. The number of hydrogen-bond acceptors (Lipinski definition) is 2. The fourth-order valence-electron chi connectivity index (χ4n) is 0.631. The average Bonchev–Trinajstić information content (AvgIpc) is 2.13. The van der Waals surface area contributed by atoms with E-state index in [0.717, 1.165) is 0 Å². The molecule has 78 valence electrons. The zero-order valence-corrected chi connectivity index (χ0v) is 9.19. The summed E-state index contributed by atoms with van der Waals surface area (Å²) in [6.45, 7) is 6.03. The molecular formula is C9H18ClNO2. The Labute approximate surface area is 84.5 Å². The summed E-state index contributed by atoms with van der Waals surface area (Å²) < 4.78 is 0. The molecule has 1 amide bonds. The van der Waals surface area contributed by atoms with Crippen LogP contribution in [0.5, 0.6) is 0 Å². The average molecular weight is 208 g/mol. The van der Waals surface area contributed by atoms with Crippen LogP contribution in [0.4, 0.5) is 0 Å². The monoisotopic (exact) mass is 207 g/mol. The molecule has 0 aliphatic heterocycles. The Bertz CT molecular complexity index is 171. The van der Waals surface area contributed by atoms with Gasteiger partial charge in [0.2, 0.25) is 5.91 Å². The van der Waals surface area contributed by atoms with E-state index in [9.17, 15) is 4.79 Å². The Morgan fingerprint density at radius 1 is 1.62 bits per heavy atom. The van der Waals surface area contributed by atoms with Crippen LogP contribution in [0.2, 0.25) is 0 Å². The zero-order chi connectivity index (χ0) is 10.5. The molecule has 0 aromatic heterocycles. The predicted octanol–water partition coefficient (Wildman–Crippen LogP) is 0.996. The smallest absolute Gasteiger partial charge is 0.226 e. The van der Waals surface area contributed by atoms with Gasteiger partial charge in [0.05, 0.1) is 5.41 Å². The molecule has 4 heteroatoms. The molecule has 13 heavy (non-hydrogen) atoms. The van der Waals surface area contributed by atoms with Crippen LogP contribution in [-0.2, 0) is 4.79 Å². The number of amides is 1. The van der Waals surface area contributed by atoms with Crippen molar-refractivity contribution in [1.29, 1.82) is 0 Å². The van der Waals surface area contributed by atoms with Gasteiger partial charge < -0.3 is 10.4 Å². The Morgan fingerprint density at radius 2 is 2.15 bits per heavy atom. The molecule has 2 N–H and O–H groups in total. The lowest BCUT2D eigenvalue weighted by atomic mass is 9.95. The summed E-state index contributed by atoms with van der Waals surface area (Å²) >= 11 is 5.63. The summed E-state index contributed by atoms with van der Waals surface area (Å²) in [5.41, 5.74) is -0.531. The Kier molecular flexibility index (Phi) is 5.33. The van der Waals surface area contributed by atoms with Gasteiger partial charge in [0, 0.05) is 19.0 Å². The maximum absolute atomic E-state index is 11.4. The van der Waals surface area contributed by atoms with E-state index in [-0.39, 0.29) is 18.4 Å². The van der Waals surface area contributed by atoms with E-state index in [1.54, 1.807) is 13.8 Å². The normalized spacial score (nSPS) is 13.9. The van der Waals surface area contributed by atoms with Crippen molar-refractivity contribution in [2.24, 2.45) is 11.3 Å². The Balaban J connectivity index is 3.88. The first kappa shape index (κ1) is 12.7. The minimum atomic E-state index is -0.531. The van der Waals surface area contributed by atoms with Crippen molar-refractivity contribution >= 4 is 17.5 Å². The molecule has 0 aromatic rings. The van der Waals surface area contributed by atoms with Gasteiger partial charge in [-0.25, -0.2) is 0 Å². The van der Waals surface area contributed by atoms with Gasteiger partial charge in [-0.2, -0.15) is 0 Å². The SMILES string of the molecule is CC(CO)CNC(=O)C(C)(C)CCl. The number of hydrogen-bond donors (Lipinski definition) is 2. The summed E-state index contributed by atoms with van der Waals surface area (Å²) in [6, 6.07) is 0. The second kappa shape index (κ2) is 5.45. The van der Waals surface area contributed by atoms with Crippen molar-refractivity contribution in [3.8, 4) is 0 Å². The first-order valence-electron chi connectivity index (χ1n) is 4.39. The molecule has 0 aliphatic carbocycles. The minimum absolute atomic E-state index is 0.0669. The van der Waals surface area contributed by atoms with Gasteiger partial charge >= 0.3 is 0 Å². The molecule has 0 aromatic carbocycles. The van der Waals surface area contributed by atoms with E-state index in [1.165, 1.54) is 0 Å². The highest BCUT2D eigenvalue weighted by atomic mass is 35.5. The van der Waals surface area contributed by atoms with E-state index in [4.69, 9.17) is 16.7 Å². The van der Waals surface area contributed by atoms with Crippen LogP contribution < -0.4 is 5.32 Å². The van der Waals surface area contributed by atoms with Gasteiger partial charge in [0.1, 0.15) is 0 Å². The second-order valence-corrected chi connectivity index (χ2v) is 4.28. The third-order valence-electron chi connectivity index (χ3n) is 1.87.